The number of ether oxygens (including phenoxy) is 1. The van der Waals surface area contributed by atoms with Gasteiger partial charge in [-0.25, -0.2) is 0 Å². The van der Waals surface area contributed by atoms with Crippen LogP contribution in [0.2, 0.25) is 0 Å². The Morgan fingerprint density at radius 3 is 1.10 bits per heavy atom. The molecule has 0 aliphatic heterocycles. The van der Waals surface area contributed by atoms with Crippen LogP contribution >= 0.6 is 0 Å². The van der Waals surface area contributed by atoms with E-state index in [1.807, 2.05) is 39.9 Å². The highest BCUT2D eigenvalue weighted by atomic mass is 16.6. The number of carbonyl (C=O) groups excluding carboxylic acids is 2. The lowest BCUT2D eigenvalue weighted by atomic mass is 10.5. The molecule has 0 aromatic carbocycles. The van der Waals surface area contributed by atoms with Crippen molar-refractivity contribution in [3.63, 3.8) is 0 Å². The summed E-state index contributed by atoms with van der Waals surface area (Å²) >= 11 is 0. The minimum atomic E-state index is -0.245. The van der Waals surface area contributed by atoms with Crippen LogP contribution < -0.4 is 0 Å². The Bertz CT molecular complexity index is 271. The van der Waals surface area contributed by atoms with Gasteiger partial charge in [0.25, 0.3) is 0 Å². The van der Waals surface area contributed by atoms with Crippen molar-refractivity contribution in [1.29, 1.82) is 0 Å². The molecule has 0 saturated heterocycles. The zero-order chi connectivity index (χ0) is 18.0. The maximum Gasteiger partial charge on any atom is 0.302 e. The summed E-state index contributed by atoms with van der Waals surface area (Å²) in [5.41, 5.74) is 0.942. The molecular weight excluding hydrogens is 274 g/mol. The second-order valence-corrected chi connectivity index (χ2v) is 4.67. The van der Waals surface area contributed by atoms with Gasteiger partial charge < -0.3 is 19.4 Å². The topological polar surface area (TPSA) is 71.4 Å². The molecule has 0 fully saturated rings. The summed E-state index contributed by atoms with van der Waals surface area (Å²) in [7, 11) is 12.3. The highest BCUT2D eigenvalue weighted by Crippen LogP contribution is 1.71. The molecule has 0 aliphatic rings. The predicted molar refractivity (Wildman–Crippen MR) is 87.5 cm³/mol. The van der Waals surface area contributed by atoms with Crippen molar-refractivity contribution in [1.82, 2.24) is 9.80 Å². The van der Waals surface area contributed by atoms with Crippen molar-refractivity contribution in [3.8, 4) is 0 Å². The molecule has 7 nitrogen and oxygen atoms in total. The van der Waals surface area contributed by atoms with Crippen LogP contribution in [0.1, 0.15) is 27.7 Å². The van der Waals surface area contributed by atoms with E-state index in [0.29, 0.717) is 0 Å². The second kappa shape index (κ2) is 20.7. The largest absolute Gasteiger partial charge is 0.469 e. The Morgan fingerprint density at radius 1 is 0.857 bits per heavy atom. The Hall–Kier alpha value is -1.63. The summed E-state index contributed by atoms with van der Waals surface area (Å²) < 4.78 is 4.11. The van der Waals surface area contributed by atoms with E-state index in [1.54, 1.807) is 14.1 Å². The van der Waals surface area contributed by atoms with Crippen LogP contribution in [0.25, 0.3) is 0 Å². The van der Waals surface area contributed by atoms with E-state index < -0.39 is 0 Å². The third-order valence-corrected chi connectivity index (χ3v) is 1.19. The lowest BCUT2D eigenvalue weighted by Crippen LogP contribution is -2.17. The highest BCUT2D eigenvalue weighted by Gasteiger charge is 1.87. The maximum absolute atomic E-state index is 10.1. The van der Waals surface area contributed by atoms with Gasteiger partial charge in [0.2, 0.25) is 5.91 Å². The molecule has 0 rings (SSSR count). The average molecular weight is 307 g/mol. The van der Waals surface area contributed by atoms with Gasteiger partial charge in [-0.1, -0.05) is 5.16 Å². The molecule has 0 bridgehead atoms. The van der Waals surface area contributed by atoms with Gasteiger partial charge in [0, 0.05) is 27.9 Å². The molecular formula is C14H33N3O4. The van der Waals surface area contributed by atoms with E-state index in [1.165, 1.54) is 33.0 Å². The quantitative estimate of drug-likeness (QED) is 0.417. The van der Waals surface area contributed by atoms with Crippen molar-refractivity contribution in [2.45, 2.75) is 27.7 Å². The Kier molecular flexibility index (Phi) is 27.3. The summed E-state index contributed by atoms with van der Waals surface area (Å²) in [6, 6.07) is 0. The van der Waals surface area contributed by atoms with Crippen molar-refractivity contribution in [3.05, 3.63) is 0 Å². The molecule has 21 heavy (non-hydrogen) atoms. The van der Waals surface area contributed by atoms with Gasteiger partial charge >= 0.3 is 5.97 Å². The van der Waals surface area contributed by atoms with E-state index in [4.69, 9.17) is 0 Å². The number of hydrogen-bond donors (Lipinski definition) is 0. The van der Waals surface area contributed by atoms with E-state index in [9.17, 15) is 9.59 Å². The standard InChI is InChI=1S/2C4H9NO.C3H9N.C3H6O2/c1-4(6)5(2)3;1-4(2)5-6-3;1-4(2)3;1-3(4)5-2/h2*1-3H3;1-3H3;1-2H3. The van der Waals surface area contributed by atoms with Crippen LogP contribution in [0.4, 0.5) is 0 Å². The fourth-order valence-corrected chi connectivity index (χ4v) is 0.183. The minimum Gasteiger partial charge on any atom is -0.469 e. The van der Waals surface area contributed by atoms with Crippen molar-refractivity contribution in [2.24, 2.45) is 5.16 Å². The Morgan fingerprint density at radius 2 is 1.10 bits per heavy atom. The molecule has 1 amide bonds. The molecule has 128 valence electrons. The number of hydrogen-bond acceptors (Lipinski definition) is 6. The van der Waals surface area contributed by atoms with Crippen molar-refractivity contribution in [2.75, 3.05) is 49.5 Å². The van der Waals surface area contributed by atoms with E-state index in [0.717, 1.165) is 5.71 Å². The van der Waals surface area contributed by atoms with Gasteiger partial charge in [0.15, 0.2) is 0 Å². The van der Waals surface area contributed by atoms with Crippen LogP contribution in [-0.4, -0.2) is 76.8 Å². The molecule has 0 aromatic heterocycles. The molecule has 0 radical (unpaired) electrons. The third-order valence-electron chi connectivity index (χ3n) is 1.19. The van der Waals surface area contributed by atoms with Gasteiger partial charge in [-0.15, -0.1) is 0 Å². The maximum atomic E-state index is 10.1. The molecule has 0 saturated carbocycles. The summed E-state index contributed by atoms with van der Waals surface area (Å²) in [6.07, 6.45) is 0. The number of amides is 1. The second-order valence-electron chi connectivity index (χ2n) is 4.67. The number of oxime groups is 1. The van der Waals surface area contributed by atoms with E-state index in [2.05, 4.69) is 14.7 Å². The molecule has 0 aromatic rings. The predicted octanol–water partition coefficient (Wildman–Crippen LogP) is 1.48. The molecule has 0 aliphatic carbocycles. The lowest BCUT2D eigenvalue weighted by Gasteiger charge is -2.02. The zero-order valence-electron chi connectivity index (χ0n) is 15.5. The summed E-state index contributed by atoms with van der Waals surface area (Å²) in [6.45, 7) is 6.65. The first-order valence-electron chi connectivity index (χ1n) is 6.29. The zero-order valence-corrected chi connectivity index (χ0v) is 15.5. The van der Waals surface area contributed by atoms with Crippen LogP contribution in [0.15, 0.2) is 5.16 Å². The minimum absolute atomic E-state index is 0.0926. The summed E-state index contributed by atoms with van der Waals surface area (Å²) in [4.78, 5) is 27.6. The molecule has 0 atom stereocenters. The molecule has 7 heteroatoms. The van der Waals surface area contributed by atoms with Crippen LogP contribution in [0.3, 0.4) is 0 Å². The summed E-state index contributed by atoms with van der Waals surface area (Å²) in [5, 5.41) is 3.54. The fourth-order valence-electron chi connectivity index (χ4n) is 0.183. The first-order chi connectivity index (χ1) is 9.41. The van der Waals surface area contributed by atoms with Crippen LogP contribution in [-0.2, 0) is 19.2 Å². The number of carbonyl (C=O) groups is 2. The number of esters is 1. The van der Waals surface area contributed by atoms with Gasteiger partial charge in [0.05, 0.1) is 12.8 Å². The SMILES string of the molecule is CC(=O)N(C)C.CN(C)C.COC(C)=O.CON=C(C)C. The molecule has 0 unspecified atom stereocenters. The number of rotatable bonds is 1. The first-order valence-corrected chi connectivity index (χ1v) is 6.29. The van der Waals surface area contributed by atoms with Gasteiger partial charge in [-0.2, -0.15) is 0 Å². The Labute approximate surface area is 129 Å². The van der Waals surface area contributed by atoms with Crippen LogP contribution in [0.5, 0.6) is 0 Å². The van der Waals surface area contributed by atoms with E-state index in [-0.39, 0.29) is 11.9 Å². The average Bonchev–Trinajstić information content (AvgIpc) is 2.29. The highest BCUT2D eigenvalue weighted by molar-refractivity contribution is 5.78. The fraction of sp³-hybridized carbons (Fsp3) is 0.786. The van der Waals surface area contributed by atoms with Crippen LogP contribution in [0, 0.1) is 0 Å². The third kappa shape index (κ3) is 90.6. The van der Waals surface area contributed by atoms with E-state index >= 15 is 0 Å². The molecule has 0 spiro atoms. The van der Waals surface area contributed by atoms with Gasteiger partial charge in [-0.3, -0.25) is 9.59 Å². The molecule has 0 N–H and O–H groups in total. The Balaban J connectivity index is -0.0000000929. The van der Waals surface area contributed by atoms with Gasteiger partial charge in [-0.05, 0) is 35.0 Å². The smallest absolute Gasteiger partial charge is 0.302 e. The normalized spacial score (nSPS) is 7.62. The van der Waals surface area contributed by atoms with Gasteiger partial charge in [0.1, 0.15) is 7.11 Å². The summed E-state index contributed by atoms with van der Waals surface area (Å²) in [5.74, 6) is -0.153. The van der Waals surface area contributed by atoms with Crippen molar-refractivity contribution >= 4 is 17.6 Å². The number of methoxy groups -OCH3 is 1. The monoisotopic (exact) mass is 307 g/mol. The first kappa shape index (κ1) is 27.7. The molecule has 0 heterocycles. The number of nitrogens with zero attached hydrogens (tertiary/aromatic N) is 3. The lowest BCUT2D eigenvalue weighted by molar-refractivity contribution is -0.138. The van der Waals surface area contributed by atoms with Crippen molar-refractivity contribution < 1.29 is 19.2 Å².